The van der Waals surface area contributed by atoms with Crippen molar-refractivity contribution < 1.29 is 4.74 Å². The van der Waals surface area contributed by atoms with Crippen molar-refractivity contribution in [2.75, 3.05) is 0 Å². The fourth-order valence-corrected chi connectivity index (χ4v) is 5.08. The number of hydrogen-bond acceptors (Lipinski definition) is 2. The van der Waals surface area contributed by atoms with Gasteiger partial charge in [-0.2, -0.15) is 0 Å². The molecule has 0 aromatic carbocycles. The Balaban J connectivity index is 1.73. The molecule has 2 N–H and O–H groups in total. The molecule has 3 saturated carbocycles. The van der Waals surface area contributed by atoms with Gasteiger partial charge in [0, 0.05) is 11.5 Å². The van der Waals surface area contributed by atoms with Crippen molar-refractivity contribution in [1.82, 2.24) is 0 Å². The van der Waals surface area contributed by atoms with Crippen LogP contribution in [0, 0.1) is 22.2 Å². The second-order valence-electron chi connectivity index (χ2n) is 8.43. The number of hydrogen-bond donors (Lipinski definition) is 1. The van der Waals surface area contributed by atoms with Gasteiger partial charge in [0.05, 0.1) is 12.2 Å². The highest BCUT2D eigenvalue weighted by molar-refractivity contribution is 5.12. The van der Waals surface area contributed by atoms with E-state index in [1.54, 1.807) is 0 Å². The van der Waals surface area contributed by atoms with E-state index in [-0.39, 0.29) is 5.41 Å². The van der Waals surface area contributed by atoms with Gasteiger partial charge in [-0.15, -0.1) is 0 Å². The minimum absolute atomic E-state index is 0.211. The molecule has 19 heavy (non-hydrogen) atoms. The molecule has 3 fully saturated rings. The second kappa shape index (κ2) is 3.98. The van der Waals surface area contributed by atoms with Crippen molar-refractivity contribution in [2.24, 2.45) is 27.9 Å². The van der Waals surface area contributed by atoms with Crippen LogP contribution in [0.1, 0.15) is 66.7 Å². The summed E-state index contributed by atoms with van der Waals surface area (Å²) in [5.74, 6) is 0.865. The van der Waals surface area contributed by atoms with Crippen LogP contribution >= 0.6 is 0 Å². The van der Waals surface area contributed by atoms with E-state index in [0.717, 1.165) is 18.8 Å². The molecule has 0 aromatic rings. The minimum atomic E-state index is 0.211. The molecule has 0 aromatic heterocycles. The molecule has 6 unspecified atom stereocenters. The molecule has 110 valence electrons. The Kier molecular flexibility index (Phi) is 2.91. The van der Waals surface area contributed by atoms with E-state index in [0.29, 0.717) is 29.1 Å². The third-order valence-corrected chi connectivity index (χ3v) is 7.85. The Morgan fingerprint density at radius 3 is 2.21 bits per heavy atom. The number of ether oxygens (including phenoxy) is 1. The predicted octanol–water partition coefficient (Wildman–Crippen LogP) is 3.73. The van der Waals surface area contributed by atoms with Gasteiger partial charge in [0.2, 0.25) is 0 Å². The van der Waals surface area contributed by atoms with Crippen molar-refractivity contribution >= 4 is 0 Å². The van der Waals surface area contributed by atoms with E-state index in [9.17, 15) is 0 Å². The van der Waals surface area contributed by atoms with Gasteiger partial charge in [0.1, 0.15) is 0 Å². The molecule has 0 radical (unpaired) electrons. The highest BCUT2D eigenvalue weighted by Crippen LogP contribution is 2.67. The maximum atomic E-state index is 6.62. The molecule has 0 amide bonds. The lowest BCUT2D eigenvalue weighted by molar-refractivity contribution is -0.179. The first-order valence-corrected chi connectivity index (χ1v) is 8.16. The van der Waals surface area contributed by atoms with E-state index in [2.05, 4.69) is 34.6 Å². The summed E-state index contributed by atoms with van der Waals surface area (Å²) >= 11 is 0. The average Bonchev–Trinajstić information content (AvgIpc) is 2.70. The van der Waals surface area contributed by atoms with Crippen molar-refractivity contribution in [3.05, 3.63) is 0 Å². The van der Waals surface area contributed by atoms with Crippen LogP contribution in [0.2, 0.25) is 0 Å². The molecule has 6 atom stereocenters. The highest BCUT2D eigenvalue weighted by atomic mass is 16.5. The fraction of sp³-hybridized carbons (Fsp3) is 1.00. The van der Waals surface area contributed by atoms with Gasteiger partial charge in [-0.3, -0.25) is 0 Å². The number of nitrogens with two attached hydrogens (primary N) is 1. The normalized spacial score (nSPS) is 55.3. The largest absolute Gasteiger partial charge is 0.374 e. The van der Waals surface area contributed by atoms with Crippen LogP contribution in [0.3, 0.4) is 0 Å². The summed E-state index contributed by atoms with van der Waals surface area (Å²) in [4.78, 5) is 0. The Hall–Kier alpha value is -0.0800. The van der Waals surface area contributed by atoms with Crippen molar-refractivity contribution in [3.63, 3.8) is 0 Å². The first-order valence-electron chi connectivity index (χ1n) is 8.16. The summed E-state index contributed by atoms with van der Waals surface area (Å²) in [6, 6.07) is 0.335. The molecule has 0 saturated heterocycles. The van der Waals surface area contributed by atoms with E-state index >= 15 is 0 Å². The molecule has 0 spiro atoms. The van der Waals surface area contributed by atoms with Gasteiger partial charge in [-0.25, -0.2) is 0 Å². The van der Waals surface area contributed by atoms with Gasteiger partial charge in [-0.1, -0.05) is 34.6 Å². The number of rotatable bonds is 3. The quantitative estimate of drug-likeness (QED) is 0.844. The third kappa shape index (κ3) is 1.56. The van der Waals surface area contributed by atoms with Crippen LogP contribution in [0.15, 0.2) is 0 Å². The Morgan fingerprint density at radius 1 is 1.11 bits per heavy atom. The average molecular weight is 265 g/mol. The lowest BCUT2D eigenvalue weighted by atomic mass is 9.61. The lowest BCUT2D eigenvalue weighted by Crippen LogP contribution is -2.61. The van der Waals surface area contributed by atoms with E-state index in [1.807, 2.05) is 0 Å². The van der Waals surface area contributed by atoms with Crippen LogP contribution in [-0.2, 0) is 4.74 Å². The smallest absolute Gasteiger partial charge is 0.0662 e. The molecule has 3 aliphatic carbocycles. The van der Waals surface area contributed by atoms with Gasteiger partial charge < -0.3 is 10.5 Å². The zero-order valence-electron chi connectivity index (χ0n) is 13.3. The maximum Gasteiger partial charge on any atom is 0.0662 e. The first kappa shape index (κ1) is 13.9. The number of fused-ring (bicyclic) bond motifs is 2. The zero-order chi connectivity index (χ0) is 14.1. The molecule has 0 aliphatic heterocycles. The Labute approximate surface area is 118 Å². The van der Waals surface area contributed by atoms with Crippen LogP contribution < -0.4 is 5.73 Å². The molecule has 2 nitrogen and oxygen atoms in total. The highest BCUT2D eigenvalue weighted by Gasteiger charge is 2.63. The summed E-state index contributed by atoms with van der Waals surface area (Å²) in [5.41, 5.74) is 7.26. The van der Waals surface area contributed by atoms with E-state index in [4.69, 9.17) is 10.5 Å². The molecular formula is C17H31NO. The topological polar surface area (TPSA) is 35.2 Å². The molecule has 3 rings (SSSR count). The predicted molar refractivity (Wildman–Crippen MR) is 78.9 cm³/mol. The van der Waals surface area contributed by atoms with Crippen LogP contribution in [0.25, 0.3) is 0 Å². The summed E-state index contributed by atoms with van der Waals surface area (Å²) in [6.07, 6.45) is 7.07. The van der Waals surface area contributed by atoms with Crippen molar-refractivity contribution in [3.8, 4) is 0 Å². The molecule has 2 heteroatoms. The van der Waals surface area contributed by atoms with Gasteiger partial charge in [-0.05, 0) is 48.9 Å². The van der Waals surface area contributed by atoms with Crippen LogP contribution in [-0.4, -0.2) is 18.2 Å². The van der Waals surface area contributed by atoms with Crippen molar-refractivity contribution in [1.29, 1.82) is 0 Å². The van der Waals surface area contributed by atoms with Gasteiger partial charge in [0.25, 0.3) is 0 Å². The standard InChI is InChI=1S/C17H31NO/c1-6-16(4)12(18)10-13(16)19-14-9-11-7-8-17(14,5)15(11,2)3/h11-14H,6-10,18H2,1-5H3. The lowest BCUT2D eigenvalue weighted by Gasteiger charge is -2.54. The third-order valence-electron chi connectivity index (χ3n) is 7.85. The molecule has 3 aliphatic rings. The Morgan fingerprint density at radius 2 is 1.79 bits per heavy atom. The zero-order valence-corrected chi connectivity index (χ0v) is 13.3. The molecular weight excluding hydrogens is 234 g/mol. The van der Waals surface area contributed by atoms with Crippen molar-refractivity contribution in [2.45, 2.75) is 85.0 Å². The Bertz CT molecular complexity index is 379. The molecule has 0 heterocycles. The van der Waals surface area contributed by atoms with E-state index in [1.165, 1.54) is 19.3 Å². The van der Waals surface area contributed by atoms with Crippen LogP contribution in [0.4, 0.5) is 0 Å². The van der Waals surface area contributed by atoms with Crippen LogP contribution in [0.5, 0.6) is 0 Å². The van der Waals surface area contributed by atoms with Gasteiger partial charge >= 0.3 is 0 Å². The van der Waals surface area contributed by atoms with E-state index < -0.39 is 0 Å². The summed E-state index contributed by atoms with van der Waals surface area (Å²) in [6.45, 7) is 11.9. The van der Waals surface area contributed by atoms with Gasteiger partial charge in [0.15, 0.2) is 0 Å². The summed E-state index contributed by atoms with van der Waals surface area (Å²) in [5, 5.41) is 0. The first-order chi connectivity index (χ1) is 8.75. The summed E-state index contributed by atoms with van der Waals surface area (Å²) < 4.78 is 6.62. The summed E-state index contributed by atoms with van der Waals surface area (Å²) in [7, 11) is 0. The minimum Gasteiger partial charge on any atom is -0.374 e. The second-order valence-corrected chi connectivity index (χ2v) is 8.43. The monoisotopic (exact) mass is 265 g/mol. The fourth-order valence-electron chi connectivity index (χ4n) is 5.08. The SMILES string of the molecule is CCC1(C)C(N)CC1OC1CC2CCC1(C)C2(C)C. The maximum absolute atomic E-state index is 6.62. The molecule has 2 bridgehead atoms.